The zero-order chi connectivity index (χ0) is 15.5. The number of anilines is 2. The molecule has 1 heterocycles. The maximum Gasteiger partial charge on any atom is 0.257 e. The van der Waals surface area contributed by atoms with Crippen LogP contribution in [0.1, 0.15) is 28.8 Å². The van der Waals surface area contributed by atoms with E-state index in [1.54, 1.807) is 12.1 Å². The molecule has 3 rings (SSSR count). The molecule has 4 heteroatoms. The summed E-state index contributed by atoms with van der Waals surface area (Å²) >= 11 is 6.07. The lowest BCUT2D eigenvalue weighted by Crippen LogP contribution is -2.18. The first kappa shape index (κ1) is 14.9. The molecule has 2 aromatic rings. The Hall–Kier alpha value is -2.00. The van der Waals surface area contributed by atoms with Crippen molar-refractivity contribution in [2.24, 2.45) is 0 Å². The molecule has 2 aromatic carbocycles. The highest BCUT2D eigenvalue weighted by Crippen LogP contribution is 2.26. The van der Waals surface area contributed by atoms with E-state index in [1.165, 1.54) is 18.5 Å². The highest BCUT2D eigenvalue weighted by atomic mass is 35.5. The van der Waals surface area contributed by atoms with Gasteiger partial charge in [-0.25, -0.2) is 0 Å². The van der Waals surface area contributed by atoms with E-state index in [9.17, 15) is 4.79 Å². The number of halogens is 1. The molecular formula is C18H19ClN2O. The van der Waals surface area contributed by atoms with Crippen LogP contribution in [-0.2, 0) is 0 Å². The molecule has 0 bridgehead atoms. The van der Waals surface area contributed by atoms with E-state index in [0.29, 0.717) is 10.6 Å². The molecule has 1 amide bonds. The van der Waals surface area contributed by atoms with E-state index in [1.807, 2.05) is 25.1 Å². The maximum absolute atomic E-state index is 12.3. The van der Waals surface area contributed by atoms with Crippen molar-refractivity contribution < 1.29 is 4.79 Å². The number of nitrogens with zero attached hydrogens (tertiary/aromatic N) is 1. The van der Waals surface area contributed by atoms with Crippen molar-refractivity contribution >= 4 is 28.9 Å². The predicted octanol–water partition coefficient (Wildman–Crippen LogP) is 4.50. The summed E-state index contributed by atoms with van der Waals surface area (Å²) in [5.41, 5.74) is 3.61. The molecule has 3 nitrogen and oxygen atoms in total. The third kappa shape index (κ3) is 3.09. The van der Waals surface area contributed by atoms with Crippen LogP contribution >= 0.6 is 11.6 Å². The Morgan fingerprint density at radius 1 is 1.14 bits per heavy atom. The average Bonchev–Trinajstić information content (AvgIpc) is 3.04. The van der Waals surface area contributed by atoms with Gasteiger partial charge in [-0.15, -0.1) is 0 Å². The van der Waals surface area contributed by atoms with Crippen molar-refractivity contribution in [2.45, 2.75) is 19.8 Å². The Morgan fingerprint density at radius 2 is 1.86 bits per heavy atom. The first-order valence-corrected chi connectivity index (χ1v) is 7.94. The topological polar surface area (TPSA) is 32.3 Å². The number of hydrogen-bond acceptors (Lipinski definition) is 2. The smallest absolute Gasteiger partial charge is 0.257 e. The van der Waals surface area contributed by atoms with E-state index < -0.39 is 0 Å². The monoisotopic (exact) mass is 314 g/mol. The lowest BCUT2D eigenvalue weighted by molar-refractivity contribution is 0.102. The van der Waals surface area contributed by atoms with Crippen LogP contribution in [0.3, 0.4) is 0 Å². The minimum Gasteiger partial charge on any atom is -0.372 e. The SMILES string of the molecule is Cc1cc(N2CCCC2)ccc1NC(=O)c1ccccc1Cl. The summed E-state index contributed by atoms with van der Waals surface area (Å²) in [5, 5.41) is 3.41. The molecule has 0 saturated carbocycles. The zero-order valence-electron chi connectivity index (χ0n) is 12.6. The summed E-state index contributed by atoms with van der Waals surface area (Å²) in [5.74, 6) is -0.178. The molecule has 22 heavy (non-hydrogen) atoms. The first-order valence-electron chi connectivity index (χ1n) is 7.56. The Kier molecular flexibility index (Phi) is 4.34. The van der Waals surface area contributed by atoms with Gasteiger partial charge in [-0.1, -0.05) is 23.7 Å². The number of rotatable bonds is 3. The number of hydrogen-bond donors (Lipinski definition) is 1. The highest BCUT2D eigenvalue weighted by molar-refractivity contribution is 6.34. The number of aryl methyl sites for hydroxylation is 1. The first-order chi connectivity index (χ1) is 10.6. The van der Waals surface area contributed by atoms with Gasteiger partial charge in [-0.05, 0) is 55.7 Å². The molecule has 0 spiro atoms. The van der Waals surface area contributed by atoms with Crippen LogP contribution in [0.25, 0.3) is 0 Å². The van der Waals surface area contributed by atoms with Crippen LogP contribution in [0.4, 0.5) is 11.4 Å². The van der Waals surface area contributed by atoms with Crippen LogP contribution in [0.5, 0.6) is 0 Å². The molecule has 0 atom stereocenters. The van der Waals surface area contributed by atoms with Crippen molar-refractivity contribution in [1.29, 1.82) is 0 Å². The van der Waals surface area contributed by atoms with Crippen LogP contribution in [0, 0.1) is 6.92 Å². The molecule has 0 aliphatic carbocycles. The van der Waals surface area contributed by atoms with Gasteiger partial charge in [0.2, 0.25) is 0 Å². The molecule has 0 radical (unpaired) electrons. The summed E-state index contributed by atoms with van der Waals surface area (Å²) in [6.07, 6.45) is 2.51. The van der Waals surface area contributed by atoms with Crippen molar-refractivity contribution in [3.8, 4) is 0 Å². The minimum atomic E-state index is -0.178. The third-order valence-electron chi connectivity index (χ3n) is 4.05. The number of nitrogens with one attached hydrogen (secondary N) is 1. The van der Waals surface area contributed by atoms with Gasteiger partial charge in [-0.2, -0.15) is 0 Å². The fourth-order valence-corrected chi connectivity index (χ4v) is 3.02. The number of carbonyl (C=O) groups is 1. The van der Waals surface area contributed by atoms with Crippen molar-refractivity contribution in [3.63, 3.8) is 0 Å². The lowest BCUT2D eigenvalue weighted by atomic mass is 10.1. The number of benzene rings is 2. The quantitative estimate of drug-likeness (QED) is 0.904. The van der Waals surface area contributed by atoms with E-state index in [-0.39, 0.29) is 5.91 Å². The largest absolute Gasteiger partial charge is 0.372 e. The van der Waals surface area contributed by atoms with Crippen molar-refractivity contribution in [2.75, 3.05) is 23.3 Å². The number of carbonyl (C=O) groups excluding carboxylic acids is 1. The fourth-order valence-electron chi connectivity index (χ4n) is 2.80. The van der Waals surface area contributed by atoms with Crippen molar-refractivity contribution in [1.82, 2.24) is 0 Å². The molecular weight excluding hydrogens is 296 g/mol. The Labute approximate surface area is 135 Å². The van der Waals surface area contributed by atoms with Crippen LogP contribution in [0.15, 0.2) is 42.5 Å². The molecule has 0 unspecified atom stereocenters. The van der Waals surface area contributed by atoms with E-state index in [0.717, 1.165) is 24.3 Å². The second-order valence-electron chi connectivity index (χ2n) is 5.63. The van der Waals surface area contributed by atoms with Crippen LogP contribution in [0.2, 0.25) is 5.02 Å². The summed E-state index contributed by atoms with van der Waals surface area (Å²) in [6.45, 7) is 4.25. The predicted molar refractivity (Wildman–Crippen MR) is 92.0 cm³/mol. The van der Waals surface area contributed by atoms with E-state index in [2.05, 4.69) is 22.3 Å². The third-order valence-corrected chi connectivity index (χ3v) is 4.38. The molecule has 1 aliphatic rings. The molecule has 0 aromatic heterocycles. The van der Waals surface area contributed by atoms with E-state index >= 15 is 0 Å². The molecule has 1 saturated heterocycles. The minimum absolute atomic E-state index is 0.178. The Balaban J connectivity index is 1.78. The molecule has 1 N–H and O–H groups in total. The van der Waals surface area contributed by atoms with Gasteiger partial charge in [0.25, 0.3) is 5.91 Å². The Morgan fingerprint density at radius 3 is 2.55 bits per heavy atom. The molecule has 1 fully saturated rings. The van der Waals surface area contributed by atoms with Crippen molar-refractivity contribution in [3.05, 3.63) is 58.6 Å². The zero-order valence-corrected chi connectivity index (χ0v) is 13.4. The normalized spacial score (nSPS) is 14.2. The maximum atomic E-state index is 12.3. The van der Waals surface area contributed by atoms with Crippen LogP contribution < -0.4 is 10.2 Å². The van der Waals surface area contributed by atoms with Gasteiger partial charge in [-0.3, -0.25) is 4.79 Å². The van der Waals surface area contributed by atoms with Gasteiger partial charge in [0.1, 0.15) is 0 Å². The Bertz CT molecular complexity index is 693. The van der Waals surface area contributed by atoms with E-state index in [4.69, 9.17) is 11.6 Å². The summed E-state index contributed by atoms with van der Waals surface area (Å²) in [7, 11) is 0. The van der Waals surface area contributed by atoms with Crippen LogP contribution in [-0.4, -0.2) is 19.0 Å². The lowest BCUT2D eigenvalue weighted by Gasteiger charge is -2.19. The van der Waals surface area contributed by atoms with Gasteiger partial charge in [0.15, 0.2) is 0 Å². The fraction of sp³-hybridized carbons (Fsp3) is 0.278. The van der Waals surface area contributed by atoms with Gasteiger partial charge in [0.05, 0.1) is 10.6 Å². The molecule has 114 valence electrons. The summed E-state index contributed by atoms with van der Waals surface area (Å²) < 4.78 is 0. The highest BCUT2D eigenvalue weighted by Gasteiger charge is 2.14. The van der Waals surface area contributed by atoms with Gasteiger partial charge >= 0.3 is 0 Å². The second kappa shape index (κ2) is 6.41. The standard InChI is InChI=1S/C18H19ClN2O/c1-13-12-14(21-10-4-5-11-21)8-9-17(13)20-18(22)15-6-2-3-7-16(15)19/h2-3,6-9,12H,4-5,10-11H2,1H3,(H,20,22). The average molecular weight is 315 g/mol. The second-order valence-corrected chi connectivity index (χ2v) is 6.03. The van der Waals surface area contributed by atoms with Gasteiger partial charge in [0, 0.05) is 24.5 Å². The van der Waals surface area contributed by atoms with Gasteiger partial charge < -0.3 is 10.2 Å². The number of amides is 1. The summed E-state index contributed by atoms with van der Waals surface area (Å²) in [4.78, 5) is 14.7. The molecule has 1 aliphatic heterocycles. The summed E-state index contributed by atoms with van der Waals surface area (Å²) in [6, 6.07) is 13.2.